The number of H-pyrrole nitrogens is 1. The van der Waals surface area contributed by atoms with Gasteiger partial charge in [-0.1, -0.05) is 19.1 Å². The fourth-order valence-electron chi connectivity index (χ4n) is 1.77. The molecule has 3 N–H and O–H groups in total. The summed E-state index contributed by atoms with van der Waals surface area (Å²) in [4.78, 5) is 6.87. The Morgan fingerprint density at radius 2 is 2.06 bits per heavy atom. The Morgan fingerprint density at radius 3 is 2.67 bits per heavy atom. The van der Waals surface area contributed by atoms with E-state index in [4.69, 9.17) is 5.73 Å². The zero-order valence-corrected chi connectivity index (χ0v) is 9.67. The van der Waals surface area contributed by atoms with Gasteiger partial charge in [-0.3, -0.25) is 0 Å². The van der Waals surface area contributed by atoms with Crippen LogP contribution in [0, 0.1) is 0 Å². The minimum atomic E-state index is -4.36. The number of nitrogens with one attached hydrogen (secondary N) is 1. The molecule has 96 valence electrons. The number of aromatic amines is 1. The number of nitrogen functional groups attached to an aromatic ring is 1. The highest BCUT2D eigenvalue weighted by molar-refractivity contribution is 5.64. The number of hydrogen-bond donors (Lipinski definition) is 2. The zero-order valence-electron chi connectivity index (χ0n) is 9.67. The van der Waals surface area contributed by atoms with Crippen LogP contribution in [0.15, 0.2) is 24.3 Å². The maximum atomic E-state index is 12.6. The normalized spacial score (nSPS) is 11.8. The van der Waals surface area contributed by atoms with E-state index in [0.717, 1.165) is 17.8 Å². The molecule has 1 aromatic heterocycles. The molecule has 0 aliphatic carbocycles. The highest BCUT2D eigenvalue weighted by Gasteiger charge is 2.30. The molecule has 3 nitrogen and oxygen atoms in total. The number of anilines is 1. The smallest absolute Gasteiger partial charge is 0.369 e. The van der Waals surface area contributed by atoms with E-state index < -0.39 is 11.7 Å². The van der Waals surface area contributed by atoms with Gasteiger partial charge in [0.2, 0.25) is 0 Å². The van der Waals surface area contributed by atoms with Crippen LogP contribution in [0.3, 0.4) is 0 Å². The van der Waals surface area contributed by atoms with Crippen molar-refractivity contribution >= 4 is 5.95 Å². The molecular weight excluding hydrogens is 243 g/mol. The topological polar surface area (TPSA) is 54.7 Å². The lowest BCUT2D eigenvalue weighted by Gasteiger charge is -2.08. The number of alkyl halides is 3. The summed E-state index contributed by atoms with van der Waals surface area (Å²) >= 11 is 0. The Morgan fingerprint density at radius 1 is 1.33 bits per heavy atom. The molecule has 2 aromatic rings. The van der Waals surface area contributed by atoms with Crippen LogP contribution in [0.25, 0.3) is 11.3 Å². The second-order valence-corrected chi connectivity index (χ2v) is 3.88. The lowest BCUT2D eigenvalue weighted by Crippen LogP contribution is -2.04. The van der Waals surface area contributed by atoms with Crippen LogP contribution in [-0.4, -0.2) is 9.97 Å². The molecule has 0 spiro atoms. The Bertz CT molecular complexity index is 558. The van der Waals surface area contributed by atoms with Gasteiger partial charge in [-0.15, -0.1) is 0 Å². The molecule has 0 radical (unpaired) electrons. The molecule has 0 unspecified atom stereocenters. The van der Waals surface area contributed by atoms with Crippen LogP contribution in [0.2, 0.25) is 0 Å². The lowest BCUT2D eigenvalue weighted by molar-refractivity contribution is -0.137. The summed E-state index contributed by atoms with van der Waals surface area (Å²) in [7, 11) is 0. The van der Waals surface area contributed by atoms with E-state index in [1.165, 1.54) is 6.07 Å². The van der Waals surface area contributed by atoms with Crippen LogP contribution < -0.4 is 5.73 Å². The molecule has 18 heavy (non-hydrogen) atoms. The third-order valence-electron chi connectivity index (χ3n) is 2.61. The number of halogens is 3. The first kappa shape index (κ1) is 12.5. The molecule has 1 heterocycles. The number of rotatable bonds is 2. The number of nitrogens with two attached hydrogens (primary N) is 1. The Kier molecular flexibility index (Phi) is 3.02. The molecule has 0 saturated heterocycles. The lowest BCUT2D eigenvalue weighted by atomic mass is 10.1. The van der Waals surface area contributed by atoms with Crippen molar-refractivity contribution in [2.75, 3.05) is 5.73 Å². The largest absolute Gasteiger partial charge is 0.416 e. The monoisotopic (exact) mass is 255 g/mol. The van der Waals surface area contributed by atoms with Crippen molar-refractivity contribution in [1.82, 2.24) is 9.97 Å². The number of imidazole rings is 1. The SMILES string of the molecule is CCc1[nH]c(N)nc1-c1cccc(C(F)(F)F)c1. The molecule has 2 rings (SSSR count). The first-order valence-electron chi connectivity index (χ1n) is 5.43. The van der Waals surface area contributed by atoms with E-state index in [9.17, 15) is 13.2 Å². The van der Waals surface area contributed by atoms with Crippen molar-refractivity contribution in [2.45, 2.75) is 19.5 Å². The Balaban J connectivity index is 2.51. The standard InChI is InChI=1S/C12H12F3N3/c1-2-9-10(18-11(16)17-9)7-4-3-5-8(6-7)12(13,14)15/h3-6H,2H2,1H3,(H3,16,17,18). The molecular formula is C12H12F3N3. The van der Waals surface area contributed by atoms with Crippen LogP contribution >= 0.6 is 0 Å². The molecule has 0 bridgehead atoms. The highest BCUT2D eigenvalue weighted by atomic mass is 19.4. The van der Waals surface area contributed by atoms with Crippen molar-refractivity contribution in [3.63, 3.8) is 0 Å². The van der Waals surface area contributed by atoms with E-state index in [1.807, 2.05) is 6.92 Å². The van der Waals surface area contributed by atoms with Gasteiger partial charge in [0.1, 0.15) is 0 Å². The molecule has 6 heteroatoms. The van der Waals surface area contributed by atoms with Gasteiger partial charge in [-0.2, -0.15) is 13.2 Å². The van der Waals surface area contributed by atoms with Crippen molar-refractivity contribution in [2.24, 2.45) is 0 Å². The van der Waals surface area contributed by atoms with Crippen molar-refractivity contribution in [3.8, 4) is 11.3 Å². The summed E-state index contributed by atoms with van der Waals surface area (Å²) in [6.45, 7) is 1.88. The predicted octanol–water partition coefficient (Wildman–Crippen LogP) is 3.24. The summed E-state index contributed by atoms with van der Waals surface area (Å²) in [5, 5.41) is 0. The summed E-state index contributed by atoms with van der Waals surface area (Å²) in [5.41, 5.74) is 6.45. The summed E-state index contributed by atoms with van der Waals surface area (Å²) in [6, 6.07) is 5.06. The molecule has 1 aromatic carbocycles. The Hall–Kier alpha value is -1.98. The zero-order chi connectivity index (χ0) is 13.3. The molecule has 0 aliphatic rings. The third kappa shape index (κ3) is 2.32. The molecule has 0 aliphatic heterocycles. The van der Waals surface area contributed by atoms with E-state index in [-0.39, 0.29) is 5.95 Å². The summed E-state index contributed by atoms with van der Waals surface area (Å²) in [5.74, 6) is 0.208. The number of aryl methyl sites for hydroxylation is 1. The highest BCUT2D eigenvalue weighted by Crippen LogP contribution is 2.32. The second kappa shape index (κ2) is 4.36. The van der Waals surface area contributed by atoms with Gasteiger partial charge in [0.05, 0.1) is 11.3 Å². The van der Waals surface area contributed by atoms with Crippen LogP contribution in [-0.2, 0) is 12.6 Å². The number of benzene rings is 1. The quantitative estimate of drug-likeness (QED) is 0.865. The number of nitrogens with zero attached hydrogens (tertiary/aromatic N) is 1. The van der Waals surface area contributed by atoms with Gasteiger partial charge < -0.3 is 10.7 Å². The van der Waals surface area contributed by atoms with Gasteiger partial charge in [-0.05, 0) is 18.6 Å². The maximum absolute atomic E-state index is 12.6. The Labute approximate surface area is 102 Å². The molecule has 0 amide bonds. The molecule has 0 fully saturated rings. The average molecular weight is 255 g/mol. The van der Waals surface area contributed by atoms with Gasteiger partial charge in [-0.25, -0.2) is 4.98 Å². The summed E-state index contributed by atoms with van der Waals surface area (Å²) < 4.78 is 37.9. The van der Waals surface area contributed by atoms with Gasteiger partial charge in [0.25, 0.3) is 0 Å². The summed E-state index contributed by atoms with van der Waals surface area (Å²) in [6.07, 6.45) is -3.74. The molecule has 0 saturated carbocycles. The van der Waals surface area contributed by atoms with Crippen molar-refractivity contribution in [1.29, 1.82) is 0 Å². The van der Waals surface area contributed by atoms with Gasteiger partial charge in [0.15, 0.2) is 5.95 Å². The molecule has 0 atom stereocenters. The predicted molar refractivity (Wildman–Crippen MR) is 62.8 cm³/mol. The van der Waals surface area contributed by atoms with Gasteiger partial charge in [0, 0.05) is 11.3 Å². The minimum Gasteiger partial charge on any atom is -0.369 e. The van der Waals surface area contributed by atoms with E-state index in [1.54, 1.807) is 6.07 Å². The average Bonchev–Trinajstić information content (AvgIpc) is 2.69. The van der Waals surface area contributed by atoms with E-state index in [0.29, 0.717) is 17.7 Å². The first-order chi connectivity index (χ1) is 8.41. The van der Waals surface area contributed by atoms with Crippen LogP contribution in [0.5, 0.6) is 0 Å². The fourth-order valence-corrected chi connectivity index (χ4v) is 1.77. The maximum Gasteiger partial charge on any atom is 0.416 e. The third-order valence-corrected chi connectivity index (χ3v) is 2.61. The van der Waals surface area contributed by atoms with E-state index in [2.05, 4.69) is 9.97 Å². The van der Waals surface area contributed by atoms with Crippen LogP contribution in [0.1, 0.15) is 18.2 Å². The van der Waals surface area contributed by atoms with Crippen molar-refractivity contribution < 1.29 is 13.2 Å². The fraction of sp³-hybridized carbons (Fsp3) is 0.250. The van der Waals surface area contributed by atoms with Crippen LogP contribution in [0.4, 0.5) is 19.1 Å². The minimum absolute atomic E-state index is 0.208. The number of hydrogen-bond acceptors (Lipinski definition) is 2. The van der Waals surface area contributed by atoms with Gasteiger partial charge >= 0.3 is 6.18 Å². The van der Waals surface area contributed by atoms with Crippen molar-refractivity contribution in [3.05, 3.63) is 35.5 Å². The van der Waals surface area contributed by atoms with E-state index >= 15 is 0 Å². The first-order valence-corrected chi connectivity index (χ1v) is 5.43. The number of aromatic nitrogens is 2. The second-order valence-electron chi connectivity index (χ2n) is 3.88.